The van der Waals surface area contributed by atoms with E-state index in [0.717, 1.165) is 6.08 Å². The summed E-state index contributed by atoms with van der Waals surface area (Å²) in [7, 11) is 0. The van der Waals surface area contributed by atoms with Crippen LogP contribution in [0.2, 0.25) is 0 Å². The number of hydrogen-bond acceptors (Lipinski definition) is 1. The highest BCUT2D eigenvalue weighted by atomic mass is 19.1. The Kier molecular flexibility index (Phi) is 2.05. The van der Waals surface area contributed by atoms with Crippen LogP contribution in [0.15, 0.2) is 36.3 Å². The van der Waals surface area contributed by atoms with Gasteiger partial charge >= 0.3 is 0 Å². The molecule has 0 spiro atoms. The Morgan fingerprint density at radius 3 is 2.40 bits per heavy atom. The van der Waals surface area contributed by atoms with Gasteiger partial charge in [-0.1, -0.05) is 30.3 Å². The number of aliphatic hydroxyl groups excluding tert-OH is 1. The van der Waals surface area contributed by atoms with Gasteiger partial charge in [-0.05, 0) is 5.56 Å². The molecular formula is C8H7FO. The first-order valence-corrected chi connectivity index (χ1v) is 2.90. The summed E-state index contributed by atoms with van der Waals surface area (Å²) in [6, 6.07) is 7.62. The van der Waals surface area contributed by atoms with Gasteiger partial charge in [0.05, 0.1) is 0 Å². The molecular weight excluding hydrogens is 131 g/mol. The van der Waals surface area contributed by atoms with Gasteiger partial charge in [-0.2, -0.15) is 4.39 Å². The molecule has 1 rings (SSSR count). The van der Waals surface area contributed by atoms with Crippen molar-refractivity contribution in [2.75, 3.05) is 0 Å². The molecule has 0 saturated heterocycles. The number of rotatable bonds is 1. The minimum atomic E-state index is -1.16. The Balaban J connectivity index is 2.87. The molecule has 0 unspecified atom stereocenters. The van der Waals surface area contributed by atoms with E-state index in [4.69, 9.17) is 5.11 Å². The lowest BCUT2D eigenvalue weighted by molar-refractivity contribution is 0.289. The summed E-state index contributed by atoms with van der Waals surface area (Å²) >= 11 is 0. The highest BCUT2D eigenvalue weighted by Crippen LogP contribution is 2.04. The molecule has 10 heavy (non-hydrogen) atoms. The summed E-state index contributed by atoms with van der Waals surface area (Å²) in [4.78, 5) is 0. The fraction of sp³-hybridized carbons (Fsp3) is 0. The van der Waals surface area contributed by atoms with Crippen LogP contribution < -0.4 is 0 Å². The molecule has 0 aliphatic rings. The average Bonchev–Trinajstić information content (AvgIpc) is 1.88. The molecule has 0 amide bonds. The van der Waals surface area contributed by atoms with Crippen LogP contribution >= 0.6 is 0 Å². The van der Waals surface area contributed by atoms with Crippen LogP contribution in [0.5, 0.6) is 0 Å². The van der Waals surface area contributed by atoms with Gasteiger partial charge in [0.2, 0.25) is 0 Å². The molecule has 0 aliphatic carbocycles. The molecule has 1 nitrogen and oxygen atoms in total. The van der Waals surface area contributed by atoms with Crippen LogP contribution in [-0.2, 0) is 0 Å². The summed E-state index contributed by atoms with van der Waals surface area (Å²) in [6.45, 7) is 0. The number of aliphatic hydroxyl groups is 1. The Bertz CT molecular complexity index is 224. The van der Waals surface area contributed by atoms with Crippen molar-refractivity contribution in [2.24, 2.45) is 0 Å². The topological polar surface area (TPSA) is 20.2 Å². The molecule has 1 aromatic rings. The molecule has 0 heterocycles. The highest BCUT2D eigenvalue weighted by Gasteiger charge is 1.87. The number of benzene rings is 1. The Hall–Kier alpha value is -1.31. The van der Waals surface area contributed by atoms with Crippen LogP contribution in [0.4, 0.5) is 4.39 Å². The summed E-state index contributed by atoms with van der Waals surface area (Å²) < 4.78 is 11.8. The molecule has 0 radical (unpaired) electrons. The Morgan fingerprint density at radius 1 is 1.30 bits per heavy atom. The SMILES string of the molecule is OC(F)=Cc1ccccc1. The van der Waals surface area contributed by atoms with Crippen molar-refractivity contribution < 1.29 is 9.50 Å². The van der Waals surface area contributed by atoms with Crippen LogP contribution in [0, 0.1) is 0 Å². The summed E-state index contributed by atoms with van der Waals surface area (Å²) in [5, 5.41) is 8.20. The zero-order valence-electron chi connectivity index (χ0n) is 5.29. The van der Waals surface area contributed by atoms with Gasteiger partial charge in [-0.25, -0.2) is 0 Å². The lowest BCUT2D eigenvalue weighted by Crippen LogP contribution is -1.71. The van der Waals surface area contributed by atoms with E-state index in [1.807, 2.05) is 6.07 Å². The van der Waals surface area contributed by atoms with E-state index in [2.05, 4.69) is 0 Å². The first kappa shape index (κ1) is 6.81. The fourth-order valence-corrected chi connectivity index (χ4v) is 0.687. The molecule has 0 atom stereocenters. The third kappa shape index (κ3) is 1.90. The standard InChI is InChI=1S/C8H7FO/c9-8(10)6-7-4-2-1-3-5-7/h1-6,10H. The Labute approximate surface area is 58.4 Å². The van der Waals surface area contributed by atoms with Crippen LogP contribution in [0.1, 0.15) is 5.56 Å². The molecule has 1 N–H and O–H groups in total. The van der Waals surface area contributed by atoms with Crippen LogP contribution in [-0.4, -0.2) is 5.11 Å². The molecule has 0 aliphatic heterocycles. The second-order valence-electron chi connectivity index (χ2n) is 1.88. The van der Waals surface area contributed by atoms with Gasteiger partial charge in [-0.3, -0.25) is 0 Å². The second kappa shape index (κ2) is 3.01. The molecule has 2 heteroatoms. The van der Waals surface area contributed by atoms with Crippen molar-refractivity contribution >= 4 is 6.08 Å². The van der Waals surface area contributed by atoms with Crippen molar-refractivity contribution in [3.05, 3.63) is 41.9 Å². The van der Waals surface area contributed by atoms with Crippen LogP contribution in [0.3, 0.4) is 0 Å². The smallest absolute Gasteiger partial charge is 0.270 e. The Morgan fingerprint density at radius 2 is 1.90 bits per heavy atom. The predicted molar refractivity (Wildman–Crippen MR) is 38.2 cm³/mol. The maximum atomic E-state index is 11.8. The van der Waals surface area contributed by atoms with E-state index in [1.165, 1.54) is 0 Å². The predicted octanol–water partition coefficient (Wildman–Crippen LogP) is 2.51. The van der Waals surface area contributed by atoms with E-state index in [1.54, 1.807) is 24.3 Å². The first-order valence-electron chi connectivity index (χ1n) is 2.90. The third-order valence-electron chi connectivity index (χ3n) is 1.09. The maximum absolute atomic E-state index is 11.8. The number of hydrogen-bond donors (Lipinski definition) is 1. The molecule has 0 fully saturated rings. The van der Waals surface area contributed by atoms with E-state index >= 15 is 0 Å². The minimum absolute atomic E-state index is 0.655. The first-order chi connectivity index (χ1) is 4.79. The lowest BCUT2D eigenvalue weighted by atomic mass is 10.2. The zero-order chi connectivity index (χ0) is 7.40. The monoisotopic (exact) mass is 138 g/mol. The zero-order valence-corrected chi connectivity index (χ0v) is 5.29. The quantitative estimate of drug-likeness (QED) is 0.591. The van der Waals surface area contributed by atoms with Gasteiger partial charge in [0, 0.05) is 6.08 Å². The van der Waals surface area contributed by atoms with Crippen molar-refractivity contribution in [1.29, 1.82) is 0 Å². The fourth-order valence-electron chi connectivity index (χ4n) is 0.687. The van der Waals surface area contributed by atoms with Crippen molar-refractivity contribution in [2.45, 2.75) is 0 Å². The lowest BCUT2D eigenvalue weighted by Gasteiger charge is -1.88. The maximum Gasteiger partial charge on any atom is 0.270 e. The summed E-state index contributed by atoms with van der Waals surface area (Å²) in [5.41, 5.74) is 0.655. The summed E-state index contributed by atoms with van der Waals surface area (Å²) in [5.74, 6) is 0. The van der Waals surface area contributed by atoms with Gasteiger partial charge in [-0.15, -0.1) is 0 Å². The molecule has 0 bridgehead atoms. The van der Waals surface area contributed by atoms with Crippen LogP contribution in [0.25, 0.3) is 6.08 Å². The average molecular weight is 138 g/mol. The number of halogens is 1. The van der Waals surface area contributed by atoms with Crippen molar-refractivity contribution in [3.8, 4) is 0 Å². The highest BCUT2D eigenvalue weighted by molar-refractivity contribution is 5.48. The van der Waals surface area contributed by atoms with Gasteiger partial charge in [0.1, 0.15) is 0 Å². The molecule has 52 valence electrons. The second-order valence-corrected chi connectivity index (χ2v) is 1.88. The largest absolute Gasteiger partial charge is 0.486 e. The van der Waals surface area contributed by atoms with E-state index in [0.29, 0.717) is 5.56 Å². The molecule has 0 aromatic heterocycles. The van der Waals surface area contributed by atoms with Gasteiger partial charge in [0.15, 0.2) is 0 Å². The van der Waals surface area contributed by atoms with E-state index in [9.17, 15) is 4.39 Å². The van der Waals surface area contributed by atoms with Gasteiger partial charge < -0.3 is 5.11 Å². The van der Waals surface area contributed by atoms with E-state index in [-0.39, 0.29) is 0 Å². The summed E-state index contributed by atoms with van der Waals surface area (Å²) in [6.07, 6.45) is 1.06. The third-order valence-corrected chi connectivity index (χ3v) is 1.09. The normalized spacial score (nSPS) is 11.5. The molecule has 0 saturated carbocycles. The van der Waals surface area contributed by atoms with Crippen molar-refractivity contribution in [1.82, 2.24) is 0 Å². The van der Waals surface area contributed by atoms with E-state index < -0.39 is 6.01 Å². The minimum Gasteiger partial charge on any atom is -0.486 e. The van der Waals surface area contributed by atoms with Gasteiger partial charge in [0.25, 0.3) is 6.01 Å². The van der Waals surface area contributed by atoms with Crippen molar-refractivity contribution in [3.63, 3.8) is 0 Å². The molecule has 1 aromatic carbocycles.